The van der Waals surface area contributed by atoms with E-state index in [4.69, 9.17) is 33.6 Å². The van der Waals surface area contributed by atoms with Crippen LogP contribution in [0.1, 0.15) is 11.5 Å². The van der Waals surface area contributed by atoms with Crippen LogP contribution in [0.4, 0.5) is 5.69 Å². The molecule has 0 fully saturated rings. The maximum absolute atomic E-state index is 8.68. The average Bonchev–Trinajstić information content (AvgIpc) is 3.11. The van der Waals surface area contributed by atoms with Crippen molar-refractivity contribution in [2.75, 3.05) is 5.32 Å². The summed E-state index contributed by atoms with van der Waals surface area (Å²) in [6.07, 6.45) is 0.383. The number of rotatable bonds is 5. The Labute approximate surface area is 160 Å². The third-order valence-electron chi connectivity index (χ3n) is 3.48. The lowest BCUT2D eigenvalue weighted by molar-refractivity contribution is 0.376. The van der Waals surface area contributed by atoms with E-state index in [9.17, 15) is 0 Å². The lowest BCUT2D eigenvalue weighted by Crippen LogP contribution is -2.28. The van der Waals surface area contributed by atoms with E-state index in [0.717, 1.165) is 11.3 Å². The highest BCUT2D eigenvalue weighted by atomic mass is 35.5. The van der Waals surface area contributed by atoms with E-state index in [2.05, 4.69) is 26.8 Å². The van der Waals surface area contributed by atoms with Gasteiger partial charge in [0.25, 0.3) is 0 Å². The molecule has 0 aliphatic rings. The second-order valence-corrected chi connectivity index (χ2v) is 6.15. The minimum absolute atomic E-state index is 0.288. The van der Waals surface area contributed by atoms with Gasteiger partial charge in [0.15, 0.2) is 5.11 Å². The average molecular weight is 384 g/mol. The number of halogens is 1. The first-order valence-corrected chi connectivity index (χ1v) is 8.52. The molecule has 3 rings (SSSR count). The fraction of sp³-hybridized carbons (Fsp3) is 0.111. The number of nitrogens with zero attached hydrogens (tertiary/aromatic N) is 3. The van der Waals surface area contributed by atoms with Gasteiger partial charge in [0, 0.05) is 11.3 Å². The molecule has 0 radical (unpaired) electrons. The predicted octanol–water partition coefficient (Wildman–Crippen LogP) is 3.94. The molecule has 0 saturated carbocycles. The normalized spacial score (nSPS) is 10.2. The number of thiocarbonyl (C=S) groups is 1. The molecule has 0 amide bonds. The quantitative estimate of drug-likeness (QED) is 0.645. The second kappa shape index (κ2) is 8.43. The minimum atomic E-state index is 0.288. The van der Waals surface area contributed by atoms with Crippen LogP contribution in [0.25, 0.3) is 11.4 Å². The third-order valence-corrected chi connectivity index (χ3v) is 4.05. The first-order valence-electron chi connectivity index (χ1n) is 7.74. The van der Waals surface area contributed by atoms with E-state index < -0.39 is 0 Å². The van der Waals surface area contributed by atoms with Gasteiger partial charge in [0.2, 0.25) is 11.7 Å². The Hall–Kier alpha value is -2.95. The van der Waals surface area contributed by atoms with Crippen LogP contribution in [0, 0.1) is 11.3 Å². The highest BCUT2D eigenvalue weighted by Gasteiger charge is 2.11. The van der Waals surface area contributed by atoms with E-state index in [1.165, 1.54) is 0 Å². The highest BCUT2D eigenvalue weighted by molar-refractivity contribution is 7.80. The van der Waals surface area contributed by atoms with Gasteiger partial charge in [-0.1, -0.05) is 41.0 Å². The van der Waals surface area contributed by atoms with Crippen molar-refractivity contribution in [3.8, 4) is 17.5 Å². The summed E-state index contributed by atoms with van der Waals surface area (Å²) in [6.45, 7) is 0.288. The Kier molecular flexibility index (Phi) is 5.79. The van der Waals surface area contributed by atoms with Crippen molar-refractivity contribution >= 4 is 34.6 Å². The van der Waals surface area contributed by atoms with Crippen molar-refractivity contribution in [1.29, 1.82) is 5.26 Å². The molecule has 26 heavy (non-hydrogen) atoms. The van der Waals surface area contributed by atoms with Crippen LogP contribution < -0.4 is 10.6 Å². The van der Waals surface area contributed by atoms with Gasteiger partial charge in [-0.05, 0) is 42.0 Å². The summed E-state index contributed by atoms with van der Waals surface area (Å²) in [5, 5.41) is 19.7. The predicted molar refractivity (Wildman–Crippen MR) is 104 cm³/mol. The van der Waals surface area contributed by atoms with E-state index in [-0.39, 0.29) is 6.54 Å². The Morgan fingerprint density at radius 1 is 1.19 bits per heavy atom. The summed E-state index contributed by atoms with van der Waals surface area (Å²) >= 11 is 11.4. The summed E-state index contributed by atoms with van der Waals surface area (Å²) in [6, 6.07) is 16.9. The first-order chi connectivity index (χ1) is 12.7. The first kappa shape index (κ1) is 17.9. The minimum Gasteiger partial charge on any atom is -0.353 e. The summed E-state index contributed by atoms with van der Waals surface area (Å²) in [5.41, 5.74) is 2.49. The van der Waals surface area contributed by atoms with Crippen molar-refractivity contribution < 1.29 is 4.52 Å². The standard InChI is InChI=1S/C18H14ClN5OS/c19-15-4-2-1-3-14(15)17-23-16(25-24-17)11-21-18(26)22-13-7-5-12(6-8-13)9-10-20/h1-8H,9,11H2,(H2,21,22,26). The zero-order chi connectivity index (χ0) is 18.4. The zero-order valence-corrected chi connectivity index (χ0v) is 15.1. The van der Waals surface area contributed by atoms with Crippen LogP contribution in [-0.4, -0.2) is 15.3 Å². The number of aromatic nitrogens is 2. The van der Waals surface area contributed by atoms with Gasteiger partial charge in [-0.25, -0.2) is 0 Å². The van der Waals surface area contributed by atoms with Crippen LogP contribution in [0.5, 0.6) is 0 Å². The summed E-state index contributed by atoms with van der Waals surface area (Å²) in [5.74, 6) is 0.827. The van der Waals surface area contributed by atoms with Crippen molar-refractivity contribution in [3.63, 3.8) is 0 Å². The second-order valence-electron chi connectivity index (χ2n) is 5.33. The molecule has 8 heteroatoms. The molecular weight excluding hydrogens is 370 g/mol. The number of benzene rings is 2. The SMILES string of the molecule is N#CCc1ccc(NC(=S)NCc2nc(-c3ccccc3Cl)no2)cc1. The highest BCUT2D eigenvalue weighted by Crippen LogP contribution is 2.24. The Balaban J connectivity index is 1.55. The number of nitriles is 1. The van der Waals surface area contributed by atoms with Crippen LogP contribution in [0.3, 0.4) is 0 Å². The largest absolute Gasteiger partial charge is 0.353 e. The molecule has 0 aliphatic heterocycles. The van der Waals surface area contributed by atoms with Crippen LogP contribution >= 0.6 is 23.8 Å². The summed E-state index contributed by atoms with van der Waals surface area (Å²) in [4.78, 5) is 4.31. The molecule has 0 aliphatic carbocycles. The Morgan fingerprint density at radius 2 is 1.96 bits per heavy atom. The van der Waals surface area contributed by atoms with E-state index in [1.54, 1.807) is 6.07 Å². The van der Waals surface area contributed by atoms with E-state index >= 15 is 0 Å². The monoisotopic (exact) mass is 383 g/mol. The molecule has 2 aromatic carbocycles. The molecule has 2 N–H and O–H groups in total. The maximum atomic E-state index is 8.68. The van der Waals surface area contributed by atoms with Crippen LogP contribution in [0.2, 0.25) is 5.02 Å². The third kappa shape index (κ3) is 4.57. The topological polar surface area (TPSA) is 86.8 Å². The zero-order valence-electron chi connectivity index (χ0n) is 13.6. The number of hydrogen-bond donors (Lipinski definition) is 2. The Morgan fingerprint density at radius 3 is 2.69 bits per heavy atom. The van der Waals surface area contributed by atoms with Gasteiger partial charge in [-0.15, -0.1) is 0 Å². The van der Waals surface area contributed by atoms with E-state index in [1.807, 2.05) is 42.5 Å². The molecule has 0 saturated heterocycles. The number of nitrogens with one attached hydrogen (secondary N) is 2. The van der Waals surface area contributed by atoms with Gasteiger partial charge in [-0.3, -0.25) is 0 Å². The fourth-order valence-electron chi connectivity index (χ4n) is 2.21. The van der Waals surface area contributed by atoms with Crippen molar-refractivity contribution in [1.82, 2.24) is 15.5 Å². The summed E-state index contributed by atoms with van der Waals surface area (Å²) < 4.78 is 5.22. The summed E-state index contributed by atoms with van der Waals surface area (Å²) in [7, 11) is 0. The van der Waals surface area contributed by atoms with Gasteiger partial charge >= 0.3 is 0 Å². The Bertz CT molecular complexity index is 949. The molecule has 0 unspecified atom stereocenters. The molecule has 1 heterocycles. The van der Waals surface area contributed by atoms with E-state index in [0.29, 0.717) is 33.8 Å². The molecule has 1 aromatic heterocycles. The van der Waals surface area contributed by atoms with Crippen molar-refractivity contribution in [3.05, 3.63) is 65.0 Å². The molecule has 6 nitrogen and oxygen atoms in total. The molecule has 3 aromatic rings. The number of anilines is 1. The van der Waals surface area contributed by atoms with Gasteiger partial charge in [0.05, 0.1) is 24.1 Å². The van der Waals surface area contributed by atoms with Gasteiger partial charge in [-0.2, -0.15) is 10.2 Å². The molecule has 0 spiro atoms. The van der Waals surface area contributed by atoms with Gasteiger partial charge < -0.3 is 15.2 Å². The fourth-order valence-corrected chi connectivity index (χ4v) is 2.62. The molecule has 0 bridgehead atoms. The maximum Gasteiger partial charge on any atom is 0.246 e. The van der Waals surface area contributed by atoms with Crippen LogP contribution in [-0.2, 0) is 13.0 Å². The lowest BCUT2D eigenvalue weighted by atomic mass is 10.1. The van der Waals surface area contributed by atoms with Crippen molar-refractivity contribution in [2.45, 2.75) is 13.0 Å². The smallest absolute Gasteiger partial charge is 0.246 e. The van der Waals surface area contributed by atoms with Crippen molar-refractivity contribution in [2.24, 2.45) is 0 Å². The van der Waals surface area contributed by atoms with Crippen LogP contribution in [0.15, 0.2) is 53.1 Å². The number of hydrogen-bond acceptors (Lipinski definition) is 5. The molecular formula is C18H14ClN5OS. The molecule has 130 valence electrons. The molecule has 0 atom stereocenters. The van der Waals surface area contributed by atoms with Gasteiger partial charge in [0.1, 0.15) is 0 Å². The lowest BCUT2D eigenvalue weighted by Gasteiger charge is -2.09.